The van der Waals surface area contributed by atoms with Gasteiger partial charge in [0.15, 0.2) is 6.61 Å². The predicted octanol–water partition coefficient (Wildman–Crippen LogP) is 4.79. The fraction of sp³-hybridized carbons (Fsp3) is 0.174. The van der Waals surface area contributed by atoms with Crippen LogP contribution in [-0.2, 0) is 4.79 Å². The van der Waals surface area contributed by atoms with Crippen LogP contribution in [0.3, 0.4) is 0 Å². The maximum Gasteiger partial charge on any atom is 0.287 e. The van der Waals surface area contributed by atoms with Crippen LogP contribution >= 0.6 is 23.5 Å². The van der Waals surface area contributed by atoms with Crippen molar-refractivity contribution in [2.75, 3.05) is 18.1 Å². The van der Waals surface area contributed by atoms with Crippen LogP contribution < -0.4 is 14.9 Å². The summed E-state index contributed by atoms with van der Waals surface area (Å²) in [5, 5.41) is 14.6. The zero-order valence-corrected chi connectivity index (χ0v) is 19.5. The van der Waals surface area contributed by atoms with Crippen LogP contribution in [0.1, 0.15) is 15.7 Å². The third kappa shape index (κ3) is 6.72. The minimum Gasteiger partial charge on any atom is -0.484 e. The molecule has 1 aromatic heterocycles. The Labute approximate surface area is 204 Å². The molecule has 2 heterocycles. The molecule has 1 fully saturated rings. The molecule has 11 heteroatoms. The number of pyridine rings is 1. The molecular weight excluding hydrogens is 476 g/mol. The highest BCUT2D eigenvalue weighted by atomic mass is 32.2. The van der Waals surface area contributed by atoms with Crippen LogP contribution in [0.25, 0.3) is 0 Å². The SMILES string of the molecule is O=C(COc1ccc(C2SCCS2)cc1)N/N=C\c1ccc(Oc2ccc([N+](=O)[O-])cn2)cc1. The van der Waals surface area contributed by atoms with Crippen molar-refractivity contribution < 1.29 is 19.2 Å². The lowest BCUT2D eigenvalue weighted by Crippen LogP contribution is -2.24. The lowest BCUT2D eigenvalue weighted by molar-refractivity contribution is -0.385. The number of hydrazone groups is 1. The summed E-state index contributed by atoms with van der Waals surface area (Å²) in [6, 6.07) is 17.4. The maximum atomic E-state index is 12.0. The Morgan fingerprint density at radius 2 is 1.79 bits per heavy atom. The molecule has 0 atom stereocenters. The lowest BCUT2D eigenvalue weighted by Gasteiger charge is -2.10. The molecular formula is C23H20N4O5S2. The Hall–Kier alpha value is -3.57. The van der Waals surface area contributed by atoms with Crippen LogP contribution in [0, 0.1) is 10.1 Å². The van der Waals surface area contributed by atoms with Gasteiger partial charge in [0, 0.05) is 23.6 Å². The molecule has 3 aromatic rings. The highest BCUT2D eigenvalue weighted by Crippen LogP contribution is 2.45. The summed E-state index contributed by atoms with van der Waals surface area (Å²) >= 11 is 3.88. The number of hydrogen-bond donors (Lipinski definition) is 1. The normalized spacial score (nSPS) is 13.6. The molecule has 1 aliphatic heterocycles. The Morgan fingerprint density at radius 1 is 1.09 bits per heavy atom. The van der Waals surface area contributed by atoms with Gasteiger partial charge in [-0.3, -0.25) is 14.9 Å². The molecule has 174 valence electrons. The van der Waals surface area contributed by atoms with Crippen LogP contribution in [-0.4, -0.2) is 40.1 Å². The highest BCUT2D eigenvalue weighted by molar-refractivity contribution is 8.19. The number of amides is 1. The van der Waals surface area contributed by atoms with Crippen molar-refractivity contribution in [2.24, 2.45) is 5.10 Å². The molecule has 0 unspecified atom stereocenters. The van der Waals surface area contributed by atoms with Gasteiger partial charge in [-0.2, -0.15) is 5.10 Å². The van der Waals surface area contributed by atoms with E-state index in [4.69, 9.17) is 9.47 Å². The Morgan fingerprint density at radius 3 is 2.44 bits per heavy atom. The van der Waals surface area contributed by atoms with E-state index in [0.29, 0.717) is 16.1 Å². The minimum absolute atomic E-state index is 0.109. The quantitative estimate of drug-likeness (QED) is 0.255. The molecule has 2 aromatic carbocycles. The third-order valence-electron chi connectivity index (χ3n) is 4.58. The first kappa shape index (κ1) is 23.6. The van der Waals surface area contributed by atoms with Crippen molar-refractivity contribution in [3.63, 3.8) is 0 Å². The van der Waals surface area contributed by atoms with Crippen LogP contribution in [0.4, 0.5) is 5.69 Å². The summed E-state index contributed by atoms with van der Waals surface area (Å²) < 4.78 is 11.6. The molecule has 34 heavy (non-hydrogen) atoms. The fourth-order valence-electron chi connectivity index (χ4n) is 2.92. The first-order valence-electron chi connectivity index (χ1n) is 10.2. The van der Waals surface area contributed by atoms with E-state index in [1.54, 1.807) is 24.3 Å². The first-order valence-corrected chi connectivity index (χ1v) is 12.3. The Kier molecular flexibility index (Phi) is 7.99. The van der Waals surface area contributed by atoms with Gasteiger partial charge in [-0.25, -0.2) is 10.4 Å². The monoisotopic (exact) mass is 496 g/mol. The zero-order chi connectivity index (χ0) is 23.8. The highest BCUT2D eigenvalue weighted by Gasteiger charge is 2.18. The van der Waals surface area contributed by atoms with Gasteiger partial charge in [0.2, 0.25) is 5.88 Å². The topological polar surface area (TPSA) is 116 Å². The van der Waals surface area contributed by atoms with Gasteiger partial charge < -0.3 is 9.47 Å². The average Bonchev–Trinajstić information content (AvgIpc) is 3.40. The number of ether oxygens (including phenoxy) is 2. The van der Waals surface area contributed by atoms with Gasteiger partial charge in [0.25, 0.3) is 11.6 Å². The number of nitro groups is 1. The van der Waals surface area contributed by atoms with E-state index in [1.807, 2.05) is 47.8 Å². The van der Waals surface area contributed by atoms with E-state index in [9.17, 15) is 14.9 Å². The molecule has 0 radical (unpaired) electrons. The summed E-state index contributed by atoms with van der Waals surface area (Å²) in [6.45, 7) is -0.140. The lowest BCUT2D eigenvalue weighted by atomic mass is 10.2. The van der Waals surface area contributed by atoms with Crippen molar-refractivity contribution >= 4 is 41.3 Å². The molecule has 0 aliphatic carbocycles. The molecule has 0 bridgehead atoms. The average molecular weight is 497 g/mol. The van der Waals surface area contributed by atoms with Crippen LogP contribution in [0.5, 0.6) is 17.4 Å². The van der Waals surface area contributed by atoms with E-state index >= 15 is 0 Å². The van der Waals surface area contributed by atoms with Crippen molar-refractivity contribution in [1.82, 2.24) is 10.4 Å². The summed E-state index contributed by atoms with van der Waals surface area (Å²) in [5.41, 5.74) is 4.32. The predicted molar refractivity (Wildman–Crippen MR) is 133 cm³/mol. The molecule has 1 saturated heterocycles. The number of rotatable bonds is 9. The molecule has 0 spiro atoms. The van der Waals surface area contributed by atoms with Gasteiger partial charge in [0.05, 0.1) is 15.7 Å². The molecule has 4 rings (SSSR count). The number of nitrogens with one attached hydrogen (secondary N) is 1. The van der Waals surface area contributed by atoms with E-state index in [0.717, 1.165) is 11.8 Å². The second-order valence-corrected chi connectivity index (χ2v) is 9.73. The summed E-state index contributed by atoms with van der Waals surface area (Å²) in [5.74, 6) is 3.36. The first-order chi connectivity index (χ1) is 16.6. The number of benzene rings is 2. The van der Waals surface area contributed by atoms with E-state index in [2.05, 4.69) is 15.5 Å². The number of carbonyl (C=O) groups excluding carboxylic acids is 1. The van der Waals surface area contributed by atoms with Gasteiger partial charge in [0.1, 0.15) is 17.7 Å². The number of thioether (sulfide) groups is 2. The number of carbonyl (C=O) groups is 1. The molecule has 0 saturated carbocycles. The Bertz CT molecular complexity index is 1150. The zero-order valence-electron chi connectivity index (χ0n) is 17.8. The van der Waals surface area contributed by atoms with E-state index in [1.165, 1.54) is 35.4 Å². The number of aromatic nitrogens is 1. The summed E-state index contributed by atoms with van der Waals surface area (Å²) in [6.07, 6.45) is 2.63. The van der Waals surface area contributed by atoms with Crippen molar-refractivity contribution in [3.8, 4) is 17.4 Å². The van der Waals surface area contributed by atoms with E-state index < -0.39 is 4.92 Å². The number of nitrogens with zero attached hydrogens (tertiary/aromatic N) is 3. The van der Waals surface area contributed by atoms with Gasteiger partial charge >= 0.3 is 0 Å². The van der Waals surface area contributed by atoms with Gasteiger partial charge in [-0.15, -0.1) is 23.5 Å². The second-order valence-electron chi connectivity index (χ2n) is 7.01. The standard InChI is InChI=1S/C23H20N4O5S2/c28-21(15-31-19-8-3-17(4-9-19)23-33-11-12-34-23)26-25-13-16-1-6-20(7-2-16)32-22-10-5-18(14-24-22)27(29)30/h1-10,13-14,23H,11-12,15H2,(H,26,28)/b25-13-. The van der Waals surface area contributed by atoms with Crippen LogP contribution in [0.2, 0.25) is 0 Å². The third-order valence-corrected chi connectivity index (χ3v) is 7.69. The summed E-state index contributed by atoms with van der Waals surface area (Å²) in [7, 11) is 0. The second kappa shape index (κ2) is 11.5. The van der Waals surface area contributed by atoms with E-state index in [-0.39, 0.29) is 24.1 Å². The van der Waals surface area contributed by atoms with Crippen molar-refractivity contribution in [2.45, 2.75) is 4.58 Å². The van der Waals surface area contributed by atoms with Crippen LogP contribution in [0.15, 0.2) is 72.0 Å². The van der Waals surface area contributed by atoms with Gasteiger partial charge in [-0.05, 0) is 47.5 Å². The smallest absolute Gasteiger partial charge is 0.287 e. The minimum atomic E-state index is -0.525. The summed E-state index contributed by atoms with van der Waals surface area (Å²) in [4.78, 5) is 26.0. The number of hydrogen-bond acceptors (Lipinski definition) is 9. The molecule has 1 N–H and O–H groups in total. The molecule has 1 aliphatic rings. The largest absolute Gasteiger partial charge is 0.484 e. The maximum absolute atomic E-state index is 12.0. The molecule has 9 nitrogen and oxygen atoms in total. The van der Waals surface area contributed by atoms with Gasteiger partial charge in [-0.1, -0.05) is 12.1 Å². The fourth-order valence-corrected chi connectivity index (χ4v) is 5.77. The van der Waals surface area contributed by atoms with Crippen molar-refractivity contribution in [3.05, 3.63) is 88.1 Å². The van der Waals surface area contributed by atoms with Crippen molar-refractivity contribution in [1.29, 1.82) is 0 Å². The molecule has 1 amide bonds. The Balaban J connectivity index is 1.20.